The normalized spacial score (nSPS) is 18.5. The average molecular weight is 462 g/mol. The molecule has 3 aromatic rings. The summed E-state index contributed by atoms with van der Waals surface area (Å²) in [7, 11) is 0. The van der Waals surface area contributed by atoms with Gasteiger partial charge < -0.3 is 10.2 Å². The smallest absolute Gasteiger partial charge is 0.255 e. The molecule has 0 radical (unpaired) electrons. The SMILES string of the molecule is O=C1CCC(N2Cc3c(Nc4nc(Cl)nc5c4ncn5SF)cccc3C2=O)C(=O)N1. The van der Waals surface area contributed by atoms with E-state index >= 15 is 0 Å². The molecule has 1 aromatic carbocycles. The lowest BCUT2D eigenvalue weighted by atomic mass is 10.0. The number of aromatic nitrogens is 4. The first kappa shape index (κ1) is 19.7. The minimum Gasteiger partial charge on any atom is -0.338 e. The maximum Gasteiger partial charge on any atom is 0.255 e. The molecule has 3 amide bonds. The molecule has 1 fully saturated rings. The predicted octanol–water partition coefficient (Wildman–Crippen LogP) is 2.37. The van der Waals surface area contributed by atoms with Crippen molar-refractivity contribution in [1.29, 1.82) is 0 Å². The van der Waals surface area contributed by atoms with Gasteiger partial charge in [0.25, 0.3) is 5.91 Å². The van der Waals surface area contributed by atoms with Crippen LogP contribution in [0.15, 0.2) is 24.5 Å². The van der Waals surface area contributed by atoms with Crippen molar-refractivity contribution in [2.24, 2.45) is 0 Å². The lowest BCUT2D eigenvalue weighted by molar-refractivity contribution is -0.136. The molecule has 0 aliphatic carbocycles. The molecular weight excluding hydrogens is 449 g/mol. The van der Waals surface area contributed by atoms with Crippen LogP contribution in [0.5, 0.6) is 0 Å². The number of hydrogen-bond donors (Lipinski definition) is 2. The van der Waals surface area contributed by atoms with Crippen molar-refractivity contribution in [3.05, 3.63) is 40.9 Å². The zero-order valence-electron chi connectivity index (χ0n) is 15.6. The van der Waals surface area contributed by atoms with Crippen molar-refractivity contribution in [3.63, 3.8) is 0 Å². The van der Waals surface area contributed by atoms with Crippen LogP contribution in [-0.4, -0.2) is 47.6 Å². The first-order chi connectivity index (χ1) is 15.0. The summed E-state index contributed by atoms with van der Waals surface area (Å²) in [6, 6.07) is 4.40. The topological polar surface area (TPSA) is 122 Å². The summed E-state index contributed by atoms with van der Waals surface area (Å²) in [4.78, 5) is 50.4. The largest absolute Gasteiger partial charge is 0.338 e. The summed E-state index contributed by atoms with van der Waals surface area (Å²) in [5, 5.41) is 5.29. The molecule has 13 heteroatoms. The maximum atomic E-state index is 13.1. The van der Waals surface area contributed by atoms with E-state index in [-0.39, 0.29) is 60.3 Å². The van der Waals surface area contributed by atoms with E-state index in [1.807, 2.05) is 0 Å². The van der Waals surface area contributed by atoms with Crippen LogP contribution in [0.2, 0.25) is 5.28 Å². The second-order valence-electron chi connectivity index (χ2n) is 7.01. The van der Waals surface area contributed by atoms with Crippen LogP contribution in [0.1, 0.15) is 28.8 Å². The molecule has 1 atom stereocenters. The fourth-order valence-corrected chi connectivity index (χ4v) is 4.26. The summed E-state index contributed by atoms with van der Waals surface area (Å²) in [5.41, 5.74) is 2.18. The highest BCUT2D eigenvalue weighted by atomic mass is 35.5. The van der Waals surface area contributed by atoms with E-state index in [4.69, 9.17) is 11.6 Å². The van der Waals surface area contributed by atoms with Gasteiger partial charge in [0.2, 0.25) is 17.1 Å². The standard InChI is InChI=1S/C18H13ClFN7O3S/c19-18-24-14(13-15(25-18)27(31-20)7-21-13)22-10-3-1-2-8-9(10)6-26(17(8)30)11-4-5-12(28)23-16(11)29/h1-3,7,11H,4-6H2,(H,22,24,25)(H,23,28,29). The van der Waals surface area contributed by atoms with Crippen LogP contribution in [0.4, 0.5) is 15.4 Å². The quantitative estimate of drug-likeness (QED) is 0.448. The van der Waals surface area contributed by atoms with E-state index in [9.17, 15) is 18.3 Å². The monoisotopic (exact) mass is 461 g/mol. The van der Waals surface area contributed by atoms with Crippen LogP contribution in [0.3, 0.4) is 0 Å². The lowest BCUT2D eigenvalue weighted by Crippen LogP contribution is -2.52. The van der Waals surface area contributed by atoms with E-state index < -0.39 is 11.9 Å². The third-order valence-corrected chi connectivity index (χ3v) is 5.83. The molecule has 4 heterocycles. The number of rotatable bonds is 4. The van der Waals surface area contributed by atoms with Crippen molar-refractivity contribution in [3.8, 4) is 0 Å². The summed E-state index contributed by atoms with van der Waals surface area (Å²) in [6.45, 7) is 0.181. The van der Waals surface area contributed by atoms with E-state index in [1.54, 1.807) is 18.2 Å². The Morgan fingerprint density at radius 2 is 2.10 bits per heavy atom. The molecule has 2 aromatic heterocycles. The summed E-state index contributed by atoms with van der Waals surface area (Å²) < 4.78 is 14.2. The van der Waals surface area contributed by atoms with Crippen LogP contribution >= 0.6 is 23.9 Å². The van der Waals surface area contributed by atoms with Crippen molar-refractivity contribution < 1.29 is 18.3 Å². The number of halogens is 2. The highest BCUT2D eigenvalue weighted by Gasteiger charge is 2.39. The van der Waals surface area contributed by atoms with Gasteiger partial charge in [0.1, 0.15) is 12.4 Å². The molecule has 31 heavy (non-hydrogen) atoms. The van der Waals surface area contributed by atoms with E-state index in [2.05, 4.69) is 25.6 Å². The number of nitrogens with one attached hydrogen (secondary N) is 2. The van der Waals surface area contributed by atoms with E-state index in [0.29, 0.717) is 22.3 Å². The number of fused-ring (bicyclic) bond motifs is 2. The van der Waals surface area contributed by atoms with Gasteiger partial charge in [-0.15, -0.1) is 3.89 Å². The van der Waals surface area contributed by atoms with Gasteiger partial charge in [0.05, 0.1) is 0 Å². The second kappa shape index (κ2) is 7.46. The van der Waals surface area contributed by atoms with Gasteiger partial charge in [-0.3, -0.25) is 19.7 Å². The highest BCUT2D eigenvalue weighted by Crippen LogP contribution is 2.35. The summed E-state index contributed by atoms with van der Waals surface area (Å²) >= 11 is 5.93. The Morgan fingerprint density at radius 3 is 2.87 bits per heavy atom. The number of nitrogens with zero attached hydrogens (tertiary/aromatic N) is 5. The lowest BCUT2D eigenvalue weighted by Gasteiger charge is -2.29. The number of imidazole rings is 1. The van der Waals surface area contributed by atoms with Crippen LogP contribution in [0, 0.1) is 0 Å². The van der Waals surface area contributed by atoms with Gasteiger partial charge in [-0.2, -0.15) is 9.97 Å². The molecule has 158 valence electrons. The Morgan fingerprint density at radius 1 is 1.26 bits per heavy atom. The first-order valence-corrected chi connectivity index (χ1v) is 10.2. The third-order valence-electron chi connectivity index (χ3n) is 5.25. The molecule has 0 saturated carbocycles. The van der Waals surface area contributed by atoms with Gasteiger partial charge in [0, 0.05) is 29.8 Å². The molecule has 0 spiro atoms. The Kier molecular flexibility index (Phi) is 4.74. The highest BCUT2D eigenvalue weighted by molar-refractivity contribution is 7.92. The van der Waals surface area contributed by atoms with Gasteiger partial charge in [-0.05, 0) is 30.2 Å². The number of carbonyl (C=O) groups is 3. The molecule has 2 aliphatic heterocycles. The molecule has 1 saturated heterocycles. The molecule has 10 nitrogen and oxygen atoms in total. The van der Waals surface area contributed by atoms with Crippen LogP contribution in [0.25, 0.3) is 11.2 Å². The Hall–Kier alpha value is -3.25. The number of piperidine rings is 1. The van der Waals surface area contributed by atoms with Gasteiger partial charge in [-0.25, -0.2) is 8.96 Å². The van der Waals surface area contributed by atoms with Crippen LogP contribution < -0.4 is 10.6 Å². The number of anilines is 2. The Labute approximate surface area is 183 Å². The molecule has 5 rings (SSSR count). The minimum atomic E-state index is -0.720. The number of hydrogen-bond acceptors (Lipinski definition) is 8. The Balaban J connectivity index is 1.49. The van der Waals surface area contributed by atoms with E-state index in [1.165, 1.54) is 11.2 Å². The van der Waals surface area contributed by atoms with Crippen LogP contribution in [-0.2, 0) is 16.1 Å². The Bertz CT molecular complexity index is 1270. The molecule has 2 aliphatic rings. The zero-order chi connectivity index (χ0) is 21.7. The van der Waals surface area contributed by atoms with Gasteiger partial charge in [-0.1, -0.05) is 6.07 Å². The number of benzene rings is 1. The minimum absolute atomic E-state index is 0.0702. The maximum absolute atomic E-state index is 13.1. The molecule has 2 N–H and O–H groups in total. The molecular formula is C18H13ClFN7O3S. The zero-order valence-corrected chi connectivity index (χ0v) is 17.2. The fourth-order valence-electron chi connectivity index (χ4n) is 3.82. The molecule has 0 bridgehead atoms. The average Bonchev–Trinajstić information content (AvgIpc) is 3.30. The van der Waals surface area contributed by atoms with E-state index in [0.717, 1.165) is 3.97 Å². The van der Waals surface area contributed by atoms with Crippen molar-refractivity contribution >= 4 is 64.3 Å². The predicted molar refractivity (Wildman–Crippen MR) is 110 cm³/mol. The summed E-state index contributed by atoms with van der Waals surface area (Å²) in [5.74, 6) is -0.867. The fraction of sp³-hybridized carbons (Fsp3) is 0.222. The van der Waals surface area contributed by atoms with Crippen molar-refractivity contribution in [1.82, 2.24) is 29.1 Å². The third kappa shape index (κ3) is 3.27. The first-order valence-electron chi connectivity index (χ1n) is 9.19. The number of imide groups is 1. The second-order valence-corrected chi connectivity index (χ2v) is 7.88. The van der Waals surface area contributed by atoms with Gasteiger partial charge in [0.15, 0.2) is 29.3 Å². The number of carbonyl (C=O) groups excluding carboxylic acids is 3. The van der Waals surface area contributed by atoms with Gasteiger partial charge >= 0.3 is 0 Å². The summed E-state index contributed by atoms with van der Waals surface area (Å²) in [6.07, 6.45) is 1.71. The molecule has 1 unspecified atom stereocenters. The number of amides is 3. The van der Waals surface area contributed by atoms with Crippen molar-refractivity contribution in [2.75, 3.05) is 5.32 Å². The van der Waals surface area contributed by atoms with Crippen molar-refractivity contribution in [2.45, 2.75) is 25.4 Å².